The smallest absolute Gasteiger partial charge is 0.231 e. The molecule has 1 amide bonds. The van der Waals surface area contributed by atoms with Gasteiger partial charge in [-0.1, -0.05) is 0 Å². The molecule has 0 spiro atoms. The first-order chi connectivity index (χ1) is 12.2. The molecule has 3 N–H and O–H groups in total. The molecule has 6 nitrogen and oxygen atoms in total. The van der Waals surface area contributed by atoms with Gasteiger partial charge in [-0.15, -0.1) is 11.3 Å². The van der Waals surface area contributed by atoms with Crippen molar-refractivity contribution in [3.05, 3.63) is 23.6 Å². The van der Waals surface area contributed by atoms with Gasteiger partial charge in [0.25, 0.3) is 0 Å². The van der Waals surface area contributed by atoms with Crippen LogP contribution in [0.4, 0.5) is 5.13 Å². The van der Waals surface area contributed by atoms with E-state index in [1.165, 1.54) is 17.8 Å². The minimum Gasteiger partial charge on any atom is -0.454 e. The lowest BCUT2D eigenvalue weighted by atomic mass is 9.84. The maximum Gasteiger partial charge on any atom is 0.231 e. The highest BCUT2D eigenvalue weighted by Crippen LogP contribution is 2.48. The Labute approximate surface area is 149 Å². The van der Waals surface area contributed by atoms with Crippen LogP contribution >= 0.6 is 11.3 Å². The second kappa shape index (κ2) is 5.71. The van der Waals surface area contributed by atoms with Gasteiger partial charge in [0.05, 0.1) is 11.6 Å². The molecule has 2 fully saturated rings. The standard InChI is InChI=1S/C18H19N3O3S/c19-16-11-2-1-10(5-11)15(16)17(22)21-18-20-12(7-25-18)9-3-4-13-14(6-9)24-8-23-13/h3-4,6-7,10-11,15-16H,1-2,5,8,19H2,(H,20,21,22). The summed E-state index contributed by atoms with van der Waals surface area (Å²) in [4.78, 5) is 17.2. The Morgan fingerprint density at radius 2 is 2.08 bits per heavy atom. The van der Waals surface area contributed by atoms with Crippen LogP contribution in [-0.4, -0.2) is 23.7 Å². The number of carbonyl (C=O) groups is 1. The highest BCUT2D eigenvalue weighted by Gasteiger charge is 2.49. The number of rotatable bonds is 3. The molecule has 4 atom stereocenters. The molecule has 2 aliphatic carbocycles. The highest BCUT2D eigenvalue weighted by molar-refractivity contribution is 7.14. The number of ether oxygens (including phenoxy) is 2. The topological polar surface area (TPSA) is 86.5 Å². The number of fused-ring (bicyclic) bond motifs is 3. The molecule has 1 aromatic carbocycles. The molecule has 3 aliphatic rings. The van der Waals surface area contributed by atoms with Crippen LogP contribution in [-0.2, 0) is 4.79 Å². The number of aromatic nitrogens is 1. The molecule has 130 valence electrons. The summed E-state index contributed by atoms with van der Waals surface area (Å²) >= 11 is 1.43. The Kier molecular flexibility index (Phi) is 3.46. The molecule has 5 rings (SSSR count). The predicted octanol–water partition coefficient (Wildman–Crippen LogP) is 2.85. The fourth-order valence-corrected chi connectivity index (χ4v) is 5.16. The van der Waals surface area contributed by atoms with Gasteiger partial charge in [-0.2, -0.15) is 0 Å². The van der Waals surface area contributed by atoms with Gasteiger partial charge in [0.1, 0.15) is 0 Å². The molecule has 0 saturated heterocycles. The molecule has 25 heavy (non-hydrogen) atoms. The van der Waals surface area contributed by atoms with E-state index >= 15 is 0 Å². The van der Waals surface area contributed by atoms with Crippen LogP contribution in [0.15, 0.2) is 23.6 Å². The Morgan fingerprint density at radius 1 is 1.24 bits per heavy atom. The Bertz CT molecular complexity index is 835. The van der Waals surface area contributed by atoms with E-state index in [9.17, 15) is 4.79 Å². The molecule has 1 aromatic heterocycles. The molecular weight excluding hydrogens is 338 g/mol. The molecule has 2 bridgehead atoms. The summed E-state index contributed by atoms with van der Waals surface area (Å²) < 4.78 is 10.7. The van der Waals surface area contributed by atoms with Crippen LogP contribution in [0, 0.1) is 17.8 Å². The second-order valence-electron chi connectivity index (χ2n) is 7.03. The van der Waals surface area contributed by atoms with Crippen molar-refractivity contribution in [3.8, 4) is 22.8 Å². The summed E-state index contributed by atoms with van der Waals surface area (Å²) in [6, 6.07) is 5.73. The van der Waals surface area contributed by atoms with Crippen LogP contribution in [0.3, 0.4) is 0 Å². The maximum absolute atomic E-state index is 12.7. The number of nitrogens with zero attached hydrogens (tertiary/aromatic N) is 1. The zero-order valence-corrected chi connectivity index (χ0v) is 14.4. The van der Waals surface area contributed by atoms with Gasteiger partial charge in [0, 0.05) is 17.0 Å². The van der Waals surface area contributed by atoms with Gasteiger partial charge < -0.3 is 20.5 Å². The third-order valence-electron chi connectivity index (χ3n) is 5.69. The second-order valence-corrected chi connectivity index (χ2v) is 7.89. The number of nitrogens with one attached hydrogen (secondary N) is 1. The van der Waals surface area contributed by atoms with Crippen molar-refractivity contribution in [1.82, 2.24) is 4.98 Å². The average Bonchev–Trinajstić information content (AvgIpc) is 3.37. The first-order valence-corrected chi connectivity index (χ1v) is 9.49. The van der Waals surface area contributed by atoms with Gasteiger partial charge in [0.15, 0.2) is 16.6 Å². The van der Waals surface area contributed by atoms with Crippen molar-refractivity contribution in [2.45, 2.75) is 25.3 Å². The lowest BCUT2D eigenvalue weighted by molar-refractivity contribution is -0.121. The van der Waals surface area contributed by atoms with Crippen molar-refractivity contribution in [2.75, 3.05) is 12.1 Å². The number of anilines is 1. The largest absolute Gasteiger partial charge is 0.454 e. The summed E-state index contributed by atoms with van der Waals surface area (Å²) in [5.41, 5.74) is 8.02. The van der Waals surface area contributed by atoms with Crippen LogP contribution < -0.4 is 20.5 Å². The van der Waals surface area contributed by atoms with Crippen LogP contribution in [0.25, 0.3) is 11.3 Å². The predicted molar refractivity (Wildman–Crippen MR) is 94.6 cm³/mol. The van der Waals surface area contributed by atoms with Crippen molar-refractivity contribution in [3.63, 3.8) is 0 Å². The van der Waals surface area contributed by atoms with Crippen molar-refractivity contribution in [1.29, 1.82) is 0 Å². The number of thiazole rings is 1. The Morgan fingerprint density at radius 3 is 2.92 bits per heavy atom. The van der Waals surface area contributed by atoms with E-state index in [1.807, 2.05) is 23.6 Å². The average molecular weight is 357 g/mol. The van der Waals surface area contributed by atoms with E-state index < -0.39 is 0 Å². The fraction of sp³-hybridized carbons (Fsp3) is 0.444. The zero-order chi connectivity index (χ0) is 17.0. The molecule has 1 aliphatic heterocycles. The minimum absolute atomic E-state index is 0.00737. The molecule has 4 unspecified atom stereocenters. The summed E-state index contributed by atoms with van der Waals surface area (Å²) in [5.74, 6) is 2.37. The van der Waals surface area contributed by atoms with E-state index in [-0.39, 0.29) is 24.7 Å². The van der Waals surface area contributed by atoms with Crippen molar-refractivity contribution >= 4 is 22.4 Å². The number of nitrogens with two attached hydrogens (primary N) is 1. The molecular formula is C18H19N3O3S. The van der Waals surface area contributed by atoms with Gasteiger partial charge in [0.2, 0.25) is 12.7 Å². The number of amides is 1. The van der Waals surface area contributed by atoms with Crippen LogP contribution in [0.5, 0.6) is 11.5 Å². The normalized spacial score (nSPS) is 29.2. The van der Waals surface area contributed by atoms with Gasteiger partial charge >= 0.3 is 0 Å². The summed E-state index contributed by atoms with van der Waals surface area (Å²) in [6.45, 7) is 0.251. The third-order valence-corrected chi connectivity index (χ3v) is 6.44. The summed E-state index contributed by atoms with van der Waals surface area (Å²) in [5, 5.41) is 5.53. The molecule has 0 radical (unpaired) electrons. The van der Waals surface area contributed by atoms with E-state index in [0.29, 0.717) is 17.0 Å². The lowest BCUT2D eigenvalue weighted by Crippen LogP contribution is -2.42. The van der Waals surface area contributed by atoms with Crippen molar-refractivity contribution < 1.29 is 14.3 Å². The van der Waals surface area contributed by atoms with Gasteiger partial charge in [-0.3, -0.25) is 4.79 Å². The zero-order valence-electron chi connectivity index (χ0n) is 13.6. The van der Waals surface area contributed by atoms with E-state index in [4.69, 9.17) is 15.2 Å². The van der Waals surface area contributed by atoms with E-state index in [0.717, 1.165) is 35.6 Å². The van der Waals surface area contributed by atoms with E-state index in [2.05, 4.69) is 10.3 Å². The summed E-state index contributed by atoms with van der Waals surface area (Å²) in [7, 11) is 0. The van der Waals surface area contributed by atoms with Crippen LogP contribution in [0.2, 0.25) is 0 Å². The Hall–Kier alpha value is -2.12. The van der Waals surface area contributed by atoms with E-state index in [1.54, 1.807) is 0 Å². The first-order valence-electron chi connectivity index (χ1n) is 8.61. The van der Waals surface area contributed by atoms with Gasteiger partial charge in [-0.25, -0.2) is 4.98 Å². The number of carbonyl (C=O) groups excluding carboxylic acids is 1. The number of benzene rings is 1. The SMILES string of the molecule is NC1C2CCC(C2)C1C(=O)Nc1nc(-c2ccc3c(c2)OCO3)cs1. The minimum atomic E-state index is -0.0726. The highest BCUT2D eigenvalue weighted by atomic mass is 32.1. The van der Waals surface area contributed by atoms with Crippen LogP contribution in [0.1, 0.15) is 19.3 Å². The van der Waals surface area contributed by atoms with Gasteiger partial charge in [-0.05, 0) is 49.3 Å². The number of hydrogen-bond acceptors (Lipinski definition) is 6. The summed E-state index contributed by atoms with van der Waals surface area (Å²) in [6.07, 6.45) is 3.39. The maximum atomic E-state index is 12.7. The Balaban J connectivity index is 1.32. The van der Waals surface area contributed by atoms with Crippen molar-refractivity contribution in [2.24, 2.45) is 23.5 Å². The number of hydrogen-bond donors (Lipinski definition) is 2. The quantitative estimate of drug-likeness (QED) is 0.882. The lowest BCUT2D eigenvalue weighted by Gasteiger charge is -2.26. The molecule has 2 aromatic rings. The molecule has 2 heterocycles. The fourth-order valence-electron chi connectivity index (χ4n) is 4.43. The molecule has 2 saturated carbocycles. The molecule has 7 heteroatoms. The monoisotopic (exact) mass is 357 g/mol. The first kappa shape index (κ1) is 15.2. The third kappa shape index (κ3) is 2.49.